The molecule has 0 bridgehead atoms. The minimum atomic E-state index is -1.32. The highest BCUT2D eigenvalue weighted by atomic mass is 35.5. The number of thioether (sulfide) groups is 1. The van der Waals surface area contributed by atoms with E-state index in [9.17, 15) is 14.9 Å². The van der Waals surface area contributed by atoms with Crippen molar-refractivity contribution < 1.29 is 14.8 Å². The third-order valence-corrected chi connectivity index (χ3v) is 4.16. The number of nitrogens with zero attached hydrogens (tertiary/aromatic N) is 1. The minimum Gasteiger partial charge on any atom is -0.477 e. The minimum absolute atomic E-state index is 0.318. The number of nitro benzene ring substituents is 1. The lowest BCUT2D eigenvalue weighted by Crippen LogP contribution is -2.02. The van der Waals surface area contributed by atoms with Crippen LogP contribution in [0.4, 0.5) is 5.69 Å². The molecule has 2 aromatic rings. The molecule has 0 spiro atoms. The zero-order valence-electron chi connectivity index (χ0n) is 10.7. The van der Waals surface area contributed by atoms with E-state index < -0.39 is 16.6 Å². The number of rotatable bonds is 5. The third-order valence-electron chi connectivity index (χ3n) is 2.75. The normalized spacial score (nSPS) is 10.3. The van der Waals surface area contributed by atoms with Crippen molar-refractivity contribution >= 4 is 35.0 Å². The van der Waals surface area contributed by atoms with E-state index >= 15 is 0 Å². The maximum absolute atomic E-state index is 10.9. The molecule has 0 atom stereocenters. The largest absolute Gasteiger partial charge is 0.477 e. The van der Waals surface area contributed by atoms with Crippen LogP contribution in [0.25, 0.3) is 0 Å². The fourth-order valence-electron chi connectivity index (χ4n) is 1.71. The van der Waals surface area contributed by atoms with E-state index in [2.05, 4.69) is 0 Å². The van der Waals surface area contributed by atoms with Gasteiger partial charge in [-0.15, -0.1) is 11.8 Å². The van der Waals surface area contributed by atoms with Gasteiger partial charge in [0.25, 0.3) is 5.69 Å². The van der Waals surface area contributed by atoms with Gasteiger partial charge in [0.1, 0.15) is 5.56 Å². The summed E-state index contributed by atoms with van der Waals surface area (Å²) in [6.45, 7) is 0. The van der Waals surface area contributed by atoms with Gasteiger partial charge in [0.2, 0.25) is 0 Å². The number of nitro groups is 1. The second-order valence-corrected chi connectivity index (χ2v) is 5.58. The zero-order chi connectivity index (χ0) is 15.4. The first-order valence-corrected chi connectivity index (χ1v) is 7.23. The van der Waals surface area contributed by atoms with Crippen LogP contribution in [0.2, 0.25) is 5.02 Å². The Hall–Kier alpha value is -2.05. The van der Waals surface area contributed by atoms with Crippen LogP contribution in [-0.2, 0) is 5.75 Å². The third kappa shape index (κ3) is 3.74. The molecule has 0 saturated carbocycles. The highest BCUT2D eigenvalue weighted by molar-refractivity contribution is 7.98. The molecular formula is C14H10ClNO4S. The fraction of sp³-hybridized carbons (Fsp3) is 0.0714. The summed E-state index contributed by atoms with van der Waals surface area (Å²) >= 11 is 7.40. The average molecular weight is 324 g/mol. The molecule has 21 heavy (non-hydrogen) atoms. The SMILES string of the molecule is O=C(O)c1ccc(SCc2ccccc2Cl)cc1[N+](=O)[O-]. The van der Waals surface area contributed by atoms with Crippen molar-refractivity contribution in [3.8, 4) is 0 Å². The molecule has 0 unspecified atom stereocenters. The van der Waals surface area contributed by atoms with Crippen LogP contribution in [-0.4, -0.2) is 16.0 Å². The van der Waals surface area contributed by atoms with Gasteiger partial charge in [0, 0.05) is 21.7 Å². The van der Waals surface area contributed by atoms with Crippen LogP contribution in [0.1, 0.15) is 15.9 Å². The lowest BCUT2D eigenvalue weighted by molar-refractivity contribution is -0.385. The fourth-order valence-corrected chi connectivity index (χ4v) is 2.92. The van der Waals surface area contributed by atoms with Crippen LogP contribution in [0.5, 0.6) is 0 Å². The van der Waals surface area contributed by atoms with E-state index in [1.165, 1.54) is 23.9 Å². The lowest BCUT2D eigenvalue weighted by atomic mass is 10.2. The molecule has 0 heterocycles. The van der Waals surface area contributed by atoms with E-state index in [1.54, 1.807) is 12.1 Å². The summed E-state index contributed by atoms with van der Waals surface area (Å²) in [5.74, 6) is -0.771. The van der Waals surface area contributed by atoms with E-state index in [0.717, 1.165) is 5.56 Å². The molecule has 1 N–H and O–H groups in total. The van der Waals surface area contributed by atoms with Gasteiger partial charge < -0.3 is 5.11 Å². The number of halogens is 1. The summed E-state index contributed by atoms with van der Waals surface area (Å²) < 4.78 is 0. The van der Waals surface area contributed by atoms with Gasteiger partial charge in [-0.25, -0.2) is 4.79 Å². The van der Waals surface area contributed by atoms with Crippen molar-refractivity contribution in [2.45, 2.75) is 10.6 Å². The molecule has 0 aliphatic rings. The Bertz CT molecular complexity index is 705. The Kier molecular flexibility index (Phi) is 4.82. The molecule has 7 heteroatoms. The van der Waals surface area contributed by atoms with Crippen molar-refractivity contribution in [2.75, 3.05) is 0 Å². The van der Waals surface area contributed by atoms with Gasteiger partial charge in [-0.2, -0.15) is 0 Å². The summed E-state index contributed by atoms with van der Waals surface area (Å²) in [7, 11) is 0. The predicted octanol–water partition coefficient (Wildman–Crippen LogP) is 4.24. The van der Waals surface area contributed by atoms with Crippen molar-refractivity contribution in [3.63, 3.8) is 0 Å². The molecule has 0 fully saturated rings. The molecule has 2 aromatic carbocycles. The van der Waals surface area contributed by atoms with Crippen LogP contribution in [0.15, 0.2) is 47.4 Å². The number of benzene rings is 2. The Morgan fingerprint density at radius 1 is 1.29 bits per heavy atom. The van der Waals surface area contributed by atoms with E-state index in [0.29, 0.717) is 15.7 Å². The summed E-state index contributed by atoms with van der Waals surface area (Å²) in [6.07, 6.45) is 0. The van der Waals surface area contributed by atoms with E-state index in [4.69, 9.17) is 16.7 Å². The van der Waals surface area contributed by atoms with Gasteiger partial charge in [-0.05, 0) is 23.8 Å². The standard InChI is InChI=1S/C14H10ClNO4S/c15-12-4-2-1-3-9(12)8-21-10-5-6-11(14(17)18)13(7-10)16(19)20/h1-7H,8H2,(H,17,18). The number of hydrogen-bond acceptors (Lipinski definition) is 4. The number of hydrogen-bond donors (Lipinski definition) is 1. The second kappa shape index (κ2) is 6.60. The van der Waals surface area contributed by atoms with Crippen LogP contribution >= 0.6 is 23.4 Å². The quantitative estimate of drug-likeness (QED) is 0.505. The maximum Gasteiger partial charge on any atom is 0.342 e. The molecule has 0 aliphatic carbocycles. The molecule has 0 saturated heterocycles. The monoisotopic (exact) mass is 323 g/mol. The van der Waals surface area contributed by atoms with Crippen LogP contribution in [0, 0.1) is 10.1 Å². The lowest BCUT2D eigenvalue weighted by Gasteiger charge is -2.05. The first-order chi connectivity index (χ1) is 9.99. The zero-order valence-corrected chi connectivity index (χ0v) is 12.2. The molecule has 2 rings (SSSR count). The number of carboxylic acid groups (broad SMARTS) is 1. The topological polar surface area (TPSA) is 80.4 Å². The number of aromatic carboxylic acids is 1. The van der Waals surface area contributed by atoms with Crippen molar-refractivity contribution in [3.05, 3.63) is 68.7 Å². The molecule has 0 amide bonds. The summed E-state index contributed by atoms with van der Waals surface area (Å²) in [5, 5.41) is 20.5. The Balaban J connectivity index is 2.22. The first kappa shape index (κ1) is 15.3. The van der Waals surface area contributed by atoms with Crippen molar-refractivity contribution in [1.82, 2.24) is 0 Å². The number of carbonyl (C=O) groups is 1. The Morgan fingerprint density at radius 2 is 2.00 bits per heavy atom. The second-order valence-electron chi connectivity index (χ2n) is 4.12. The first-order valence-electron chi connectivity index (χ1n) is 5.87. The van der Waals surface area contributed by atoms with E-state index in [1.807, 2.05) is 18.2 Å². The molecule has 0 radical (unpaired) electrons. The van der Waals surface area contributed by atoms with E-state index in [-0.39, 0.29) is 5.56 Å². The summed E-state index contributed by atoms with van der Waals surface area (Å²) in [6, 6.07) is 11.4. The number of carboxylic acids is 1. The Morgan fingerprint density at radius 3 is 2.62 bits per heavy atom. The van der Waals surface area contributed by atoms with Gasteiger partial charge >= 0.3 is 5.97 Å². The highest BCUT2D eigenvalue weighted by Crippen LogP contribution is 2.30. The van der Waals surface area contributed by atoms with Gasteiger partial charge in [-0.1, -0.05) is 29.8 Å². The molecular weight excluding hydrogens is 314 g/mol. The van der Waals surface area contributed by atoms with Gasteiger partial charge in [0.05, 0.1) is 4.92 Å². The van der Waals surface area contributed by atoms with Gasteiger partial charge in [0.15, 0.2) is 0 Å². The average Bonchev–Trinajstić information content (AvgIpc) is 2.46. The Labute approximate surface area is 129 Å². The van der Waals surface area contributed by atoms with Crippen molar-refractivity contribution in [1.29, 1.82) is 0 Å². The summed E-state index contributed by atoms with van der Waals surface area (Å²) in [5.41, 5.74) is 0.183. The van der Waals surface area contributed by atoms with Crippen LogP contribution < -0.4 is 0 Å². The van der Waals surface area contributed by atoms with Crippen molar-refractivity contribution in [2.24, 2.45) is 0 Å². The maximum atomic E-state index is 10.9. The molecule has 5 nitrogen and oxygen atoms in total. The molecule has 0 aromatic heterocycles. The predicted molar refractivity (Wildman–Crippen MR) is 81.1 cm³/mol. The molecule has 108 valence electrons. The summed E-state index contributed by atoms with van der Waals surface area (Å²) in [4.78, 5) is 21.8. The van der Waals surface area contributed by atoms with Gasteiger partial charge in [-0.3, -0.25) is 10.1 Å². The van der Waals surface area contributed by atoms with Crippen LogP contribution in [0.3, 0.4) is 0 Å². The molecule has 0 aliphatic heterocycles. The highest BCUT2D eigenvalue weighted by Gasteiger charge is 2.20. The smallest absolute Gasteiger partial charge is 0.342 e.